The number of carbonyl (C=O) groups is 1. The van der Waals surface area contributed by atoms with Gasteiger partial charge in [0.25, 0.3) is 5.91 Å². The predicted molar refractivity (Wildman–Crippen MR) is 62.2 cm³/mol. The van der Waals surface area contributed by atoms with Gasteiger partial charge in [-0.15, -0.1) is 0 Å². The third-order valence-corrected chi connectivity index (χ3v) is 3.07. The Morgan fingerprint density at radius 2 is 2.12 bits per heavy atom. The quantitative estimate of drug-likeness (QED) is 0.645. The molecule has 0 aromatic rings. The molecule has 0 aromatic heterocycles. The van der Waals surface area contributed by atoms with Gasteiger partial charge in [-0.1, -0.05) is 12.8 Å². The summed E-state index contributed by atoms with van der Waals surface area (Å²) in [5.74, 6) is 0.0205. The van der Waals surface area contributed by atoms with E-state index in [1.54, 1.807) is 0 Å². The van der Waals surface area contributed by atoms with Gasteiger partial charge in [0, 0.05) is 19.8 Å². The standard InChI is InChI=1S/C12H23NO3/c1-12(7-6-10-16-12)11(15)13-8-4-2-3-5-9-14/h14H,2-10H2,1H3,(H,13,15). The summed E-state index contributed by atoms with van der Waals surface area (Å²) < 4.78 is 5.45. The Kier molecular flexibility index (Phi) is 5.77. The Hall–Kier alpha value is -0.610. The highest BCUT2D eigenvalue weighted by Crippen LogP contribution is 2.24. The lowest BCUT2D eigenvalue weighted by Gasteiger charge is -2.21. The van der Waals surface area contributed by atoms with Gasteiger partial charge in [-0.05, 0) is 32.6 Å². The largest absolute Gasteiger partial charge is 0.396 e. The summed E-state index contributed by atoms with van der Waals surface area (Å²) in [6.45, 7) is 3.53. The Balaban J connectivity index is 2.06. The molecule has 0 bridgehead atoms. The van der Waals surface area contributed by atoms with Crippen molar-refractivity contribution in [2.75, 3.05) is 19.8 Å². The highest BCUT2D eigenvalue weighted by atomic mass is 16.5. The van der Waals surface area contributed by atoms with Crippen molar-refractivity contribution in [2.45, 2.75) is 51.0 Å². The summed E-state index contributed by atoms with van der Waals surface area (Å²) in [7, 11) is 0. The first-order valence-corrected chi connectivity index (χ1v) is 6.22. The third kappa shape index (κ3) is 4.10. The molecule has 0 spiro atoms. The second-order valence-electron chi connectivity index (χ2n) is 4.58. The number of hydrogen-bond donors (Lipinski definition) is 2. The fourth-order valence-electron chi connectivity index (χ4n) is 1.94. The van der Waals surface area contributed by atoms with E-state index in [4.69, 9.17) is 9.84 Å². The maximum Gasteiger partial charge on any atom is 0.251 e. The van der Waals surface area contributed by atoms with Crippen molar-refractivity contribution in [2.24, 2.45) is 0 Å². The van der Waals surface area contributed by atoms with Crippen LogP contribution in [-0.4, -0.2) is 36.4 Å². The zero-order valence-electron chi connectivity index (χ0n) is 10.1. The first-order chi connectivity index (χ1) is 7.69. The molecule has 16 heavy (non-hydrogen) atoms. The zero-order valence-corrected chi connectivity index (χ0v) is 10.1. The molecule has 4 nitrogen and oxygen atoms in total. The number of carbonyl (C=O) groups excluding carboxylic acids is 1. The molecule has 2 N–H and O–H groups in total. The van der Waals surface area contributed by atoms with Gasteiger partial charge in [0.2, 0.25) is 0 Å². The van der Waals surface area contributed by atoms with Gasteiger partial charge in [0.1, 0.15) is 5.60 Å². The van der Waals surface area contributed by atoms with Gasteiger partial charge in [-0.2, -0.15) is 0 Å². The lowest BCUT2D eigenvalue weighted by Crippen LogP contribution is -2.44. The van der Waals surface area contributed by atoms with Gasteiger partial charge in [0.05, 0.1) is 0 Å². The number of rotatable bonds is 7. The molecule has 1 atom stereocenters. The summed E-state index contributed by atoms with van der Waals surface area (Å²) in [4.78, 5) is 11.8. The molecule has 1 amide bonds. The molecule has 1 fully saturated rings. The van der Waals surface area contributed by atoms with E-state index in [1.165, 1.54) is 0 Å². The number of nitrogens with one attached hydrogen (secondary N) is 1. The third-order valence-electron chi connectivity index (χ3n) is 3.07. The molecule has 0 radical (unpaired) electrons. The fraction of sp³-hybridized carbons (Fsp3) is 0.917. The van der Waals surface area contributed by atoms with Crippen molar-refractivity contribution in [1.29, 1.82) is 0 Å². The molecule has 1 aliphatic rings. The summed E-state index contributed by atoms with van der Waals surface area (Å²) in [6.07, 6.45) is 5.71. The molecule has 1 rings (SSSR count). The Morgan fingerprint density at radius 3 is 2.75 bits per heavy atom. The lowest BCUT2D eigenvalue weighted by atomic mass is 10.0. The maximum absolute atomic E-state index is 11.8. The normalized spacial score (nSPS) is 24.6. The van der Waals surface area contributed by atoms with Crippen LogP contribution < -0.4 is 5.32 Å². The van der Waals surface area contributed by atoms with E-state index >= 15 is 0 Å². The van der Waals surface area contributed by atoms with Gasteiger partial charge in [-0.3, -0.25) is 4.79 Å². The highest BCUT2D eigenvalue weighted by molar-refractivity contribution is 5.84. The fourth-order valence-corrected chi connectivity index (χ4v) is 1.94. The van der Waals surface area contributed by atoms with Gasteiger partial charge >= 0.3 is 0 Å². The first kappa shape index (κ1) is 13.5. The molecule has 94 valence electrons. The minimum atomic E-state index is -0.592. The topological polar surface area (TPSA) is 58.6 Å². The van der Waals surface area contributed by atoms with E-state index in [-0.39, 0.29) is 12.5 Å². The Labute approximate surface area is 97.4 Å². The second kappa shape index (κ2) is 6.86. The number of hydrogen-bond acceptors (Lipinski definition) is 3. The van der Waals surface area contributed by atoms with Crippen LogP contribution in [-0.2, 0) is 9.53 Å². The Morgan fingerprint density at radius 1 is 1.38 bits per heavy atom. The number of ether oxygens (including phenoxy) is 1. The van der Waals surface area contributed by atoms with Crippen molar-refractivity contribution in [1.82, 2.24) is 5.32 Å². The van der Waals surface area contributed by atoms with Crippen LogP contribution in [0.3, 0.4) is 0 Å². The maximum atomic E-state index is 11.8. The number of aliphatic hydroxyl groups excluding tert-OH is 1. The molecule has 4 heteroatoms. The molecule has 1 aliphatic heterocycles. The number of amides is 1. The van der Waals surface area contributed by atoms with Crippen LogP contribution in [0.2, 0.25) is 0 Å². The Bertz CT molecular complexity index is 212. The van der Waals surface area contributed by atoms with Crippen LogP contribution in [0.5, 0.6) is 0 Å². The molecule has 0 aliphatic carbocycles. The number of unbranched alkanes of at least 4 members (excludes halogenated alkanes) is 3. The molecule has 1 unspecified atom stereocenters. The second-order valence-corrected chi connectivity index (χ2v) is 4.58. The lowest BCUT2D eigenvalue weighted by molar-refractivity contribution is -0.139. The van der Waals surface area contributed by atoms with Gasteiger partial charge in [0.15, 0.2) is 0 Å². The molecule has 0 aromatic carbocycles. The summed E-state index contributed by atoms with van der Waals surface area (Å²) in [5.41, 5.74) is -0.592. The SMILES string of the molecule is CC1(C(=O)NCCCCCCO)CCCO1. The summed E-state index contributed by atoms with van der Waals surface area (Å²) in [5, 5.41) is 11.5. The molecular formula is C12H23NO3. The van der Waals surface area contributed by atoms with E-state index in [2.05, 4.69) is 5.32 Å². The average Bonchev–Trinajstić information content (AvgIpc) is 2.71. The minimum Gasteiger partial charge on any atom is -0.396 e. The van der Waals surface area contributed by atoms with Crippen LogP contribution in [0.4, 0.5) is 0 Å². The van der Waals surface area contributed by atoms with Crippen molar-refractivity contribution < 1.29 is 14.6 Å². The van der Waals surface area contributed by atoms with Crippen LogP contribution in [0.15, 0.2) is 0 Å². The van der Waals surface area contributed by atoms with Crippen LogP contribution in [0.25, 0.3) is 0 Å². The van der Waals surface area contributed by atoms with E-state index in [9.17, 15) is 4.79 Å². The van der Waals surface area contributed by atoms with Crippen LogP contribution in [0, 0.1) is 0 Å². The zero-order chi connectivity index (χ0) is 11.9. The van der Waals surface area contributed by atoms with Gasteiger partial charge in [-0.25, -0.2) is 0 Å². The predicted octanol–water partition coefficient (Wildman–Crippen LogP) is 1.22. The van der Waals surface area contributed by atoms with Gasteiger partial charge < -0.3 is 15.2 Å². The monoisotopic (exact) mass is 229 g/mol. The molecular weight excluding hydrogens is 206 g/mol. The van der Waals surface area contributed by atoms with Crippen molar-refractivity contribution in [3.63, 3.8) is 0 Å². The van der Waals surface area contributed by atoms with E-state index in [0.29, 0.717) is 13.2 Å². The van der Waals surface area contributed by atoms with E-state index in [0.717, 1.165) is 38.5 Å². The molecule has 1 saturated heterocycles. The van der Waals surface area contributed by atoms with Crippen molar-refractivity contribution >= 4 is 5.91 Å². The van der Waals surface area contributed by atoms with E-state index < -0.39 is 5.60 Å². The van der Waals surface area contributed by atoms with E-state index in [1.807, 2.05) is 6.92 Å². The first-order valence-electron chi connectivity index (χ1n) is 6.22. The van der Waals surface area contributed by atoms with Crippen molar-refractivity contribution in [3.05, 3.63) is 0 Å². The highest BCUT2D eigenvalue weighted by Gasteiger charge is 2.37. The summed E-state index contributed by atoms with van der Waals surface area (Å²) in [6, 6.07) is 0. The minimum absolute atomic E-state index is 0.0205. The van der Waals surface area contributed by atoms with Crippen LogP contribution in [0.1, 0.15) is 45.4 Å². The number of aliphatic hydroxyl groups is 1. The molecule has 0 saturated carbocycles. The summed E-state index contributed by atoms with van der Waals surface area (Å²) >= 11 is 0. The van der Waals surface area contributed by atoms with Crippen molar-refractivity contribution in [3.8, 4) is 0 Å². The van der Waals surface area contributed by atoms with Crippen LogP contribution >= 0.6 is 0 Å². The molecule has 1 heterocycles. The smallest absolute Gasteiger partial charge is 0.251 e. The average molecular weight is 229 g/mol.